The average Bonchev–Trinajstić information content (AvgIpc) is 3.05. The van der Waals surface area contributed by atoms with Gasteiger partial charge in [-0.25, -0.2) is 4.79 Å². The highest BCUT2D eigenvalue weighted by atomic mass is 32.1. The van der Waals surface area contributed by atoms with E-state index in [1.165, 1.54) is 17.8 Å². The zero-order valence-corrected chi connectivity index (χ0v) is 19.1. The first-order valence-electron chi connectivity index (χ1n) is 11.2. The standard InChI is InChI=1S/C23H33NO5S/c1-4-28-23(27)20-17-11-10-14(2)12-18(17)30-22(20)24-21(26)15(3)29-19(25)13-16-8-6-5-7-9-16/h14-16H,4-13H2,1-3H3,(H,24,26). The highest BCUT2D eigenvalue weighted by Gasteiger charge is 2.30. The number of carbonyl (C=O) groups is 3. The second kappa shape index (κ2) is 10.4. The van der Waals surface area contributed by atoms with Crippen LogP contribution in [-0.2, 0) is 31.9 Å². The van der Waals surface area contributed by atoms with E-state index in [9.17, 15) is 14.4 Å². The molecule has 0 aromatic carbocycles. The van der Waals surface area contributed by atoms with Crippen molar-refractivity contribution < 1.29 is 23.9 Å². The minimum Gasteiger partial charge on any atom is -0.462 e. The van der Waals surface area contributed by atoms with Crippen LogP contribution >= 0.6 is 11.3 Å². The summed E-state index contributed by atoms with van der Waals surface area (Å²) >= 11 is 1.44. The maximum Gasteiger partial charge on any atom is 0.341 e. The molecule has 2 aliphatic rings. The summed E-state index contributed by atoms with van der Waals surface area (Å²) in [5, 5.41) is 3.34. The molecule has 0 radical (unpaired) electrons. The third-order valence-corrected chi connectivity index (χ3v) is 7.26. The predicted octanol–water partition coefficient (Wildman–Crippen LogP) is 4.89. The fourth-order valence-electron chi connectivity index (χ4n) is 4.40. The summed E-state index contributed by atoms with van der Waals surface area (Å²) in [5.41, 5.74) is 1.46. The van der Waals surface area contributed by atoms with Crippen molar-refractivity contribution in [1.29, 1.82) is 0 Å². The summed E-state index contributed by atoms with van der Waals surface area (Å²) < 4.78 is 10.6. The van der Waals surface area contributed by atoms with Crippen LogP contribution < -0.4 is 5.32 Å². The smallest absolute Gasteiger partial charge is 0.341 e. The summed E-state index contributed by atoms with van der Waals surface area (Å²) in [7, 11) is 0. The number of ether oxygens (including phenoxy) is 2. The molecule has 1 N–H and O–H groups in total. The Labute approximate surface area is 182 Å². The van der Waals surface area contributed by atoms with E-state index in [4.69, 9.17) is 9.47 Å². The van der Waals surface area contributed by atoms with Gasteiger partial charge in [-0.2, -0.15) is 0 Å². The van der Waals surface area contributed by atoms with Gasteiger partial charge in [-0.15, -0.1) is 11.3 Å². The monoisotopic (exact) mass is 435 g/mol. The van der Waals surface area contributed by atoms with Crippen LogP contribution in [0.4, 0.5) is 5.00 Å². The summed E-state index contributed by atoms with van der Waals surface area (Å²) in [4.78, 5) is 38.7. The molecule has 0 bridgehead atoms. The average molecular weight is 436 g/mol. The third kappa shape index (κ3) is 5.62. The van der Waals surface area contributed by atoms with Crippen molar-refractivity contribution in [3.63, 3.8) is 0 Å². The van der Waals surface area contributed by atoms with Gasteiger partial charge >= 0.3 is 11.9 Å². The van der Waals surface area contributed by atoms with Crippen LogP contribution in [0.15, 0.2) is 0 Å². The molecule has 0 saturated heterocycles. The van der Waals surface area contributed by atoms with Gasteiger partial charge in [0.05, 0.1) is 12.2 Å². The molecular formula is C23H33NO5S. The number of thiophene rings is 1. The first-order valence-corrected chi connectivity index (χ1v) is 12.0. The number of hydrogen-bond acceptors (Lipinski definition) is 6. The van der Waals surface area contributed by atoms with Gasteiger partial charge in [-0.1, -0.05) is 26.2 Å². The van der Waals surface area contributed by atoms with E-state index in [1.807, 2.05) is 0 Å². The van der Waals surface area contributed by atoms with Gasteiger partial charge in [0.15, 0.2) is 6.10 Å². The third-order valence-electron chi connectivity index (χ3n) is 6.09. The lowest BCUT2D eigenvalue weighted by Crippen LogP contribution is -2.31. The van der Waals surface area contributed by atoms with E-state index in [-0.39, 0.29) is 12.6 Å². The van der Waals surface area contributed by atoms with Gasteiger partial charge in [0.25, 0.3) is 5.91 Å². The molecule has 1 aromatic rings. The van der Waals surface area contributed by atoms with Gasteiger partial charge in [-0.05, 0) is 63.4 Å². The van der Waals surface area contributed by atoms with E-state index < -0.39 is 18.0 Å². The Kier molecular flexibility index (Phi) is 7.92. The molecular weight excluding hydrogens is 402 g/mol. The quantitative estimate of drug-likeness (QED) is 0.617. The van der Waals surface area contributed by atoms with E-state index >= 15 is 0 Å². The Hall–Kier alpha value is -1.89. The van der Waals surface area contributed by atoms with Crippen molar-refractivity contribution in [2.24, 2.45) is 11.8 Å². The van der Waals surface area contributed by atoms with Crippen LogP contribution in [0.25, 0.3) is 0 Å². The largest absolute Gasteiger partial charge is 0.462 e. The second-order valence-corrected chi connectivity index (χ2v) is 9.71. The minimum atomic E-state index is -0.908. The molecule has 166 valence electrons. The van der Waals surface area contributed by atoms with Crippen LogP contribution in [0.2, 0.25) is 0 Å². The van der Waals surface area contributed by atoms with Crippen molar-refractivity contribution in [2.75, 3.05) is 11.9 Å². The van der Waals surface area contributed by atoms with Crippen molar-refractivity contribution >= 4 is 34.2 Å². The summed E-state index contributed by atoms with van der Waals surface area (Å²) in [5.74, 6) is -0.224. The van der Waals surface area contributed by atoms with Crippen molar-refractivity contribution in [3.8, 4) is 0 Å². The number of amides is 1. The number of esters is 2. The molecule has 7 heteroatoms. The molecule has 1 saturated carbocycles. The van der Waals surface area contributed by atoms with Crippen molar-refractivity contribution in [1.82, 2.24) is 0 Å². The number of hydrogen-bond donors (Lipinski definition) is 1. The number of rotatable bonds is 7. The van der Waals surface area contributed by atoms with Crippen molar-refractivity contribution in [2.45, 2.75) is 84.7 Å². The summed E-state index contributed by atoms with van der Waals surface area (Å²) in [6.07, 6.45) is 7.84. The number of anilines is 1. The van der Waals surface area contributed by atoms with E-state index in [0.717, 1.165) is 55.4 Å². The van der Waals surface area contributed by atoms with E-state index in [2.05, 4.69) is 12.2 Å². The Morgan fingerprint density at radius 2 is 1.90 bits per heavy atom. The molecule has 3 rings (SSSR count). The Balaban J connectivity index is 1.66. The first-order chi connectivity index (χ1) is 14.4. The lowest BCUT2D eigenvalue weighted by atomic mass is 9.87. The highest BCUT2D eigenvalue weighted by molar-refractivity contribution is 7.17. The highest BCUT2D eigenvalue weighted by Crippen LogP contribution is 2.40. The molecule has 1 fully saturated rings. The lowest BCUT2D eigenvalue weighted by Gasteiger charge is -2.21. The normalized spacial score (nSPS) is 20.2. The number of nitrogens with one attached hydrogen (secondary N) is 1. The molecule has 1 heterocycles. The van der Waals surface area contributed by atoms with Crippen molar-refractivity contribution in [3.05, 3.63) is 16.0 Å². The molecule has 2 unspecified atom stereocenters. The van der Waals surface area contributed by atoms with E-state index in [1.54, 1.807) is 13.8 Å². The van der Waals surface area contributed by atoms with Crippen LogP contribution in [0.5, 0.6) is 0 Å². The van der Waals surface area contributed by atoms with Gasteiger partial charge in [0, 0.05) is 11.3 Å². The topological polar surface area (TPSA) is 81.7 Å². The first kappa shape index (κ1) is 22.8. The molecule has 6 nitrogen and oxygen atoms in total. The molecule has 30 heavy (non-hydrogen) atoms. The zero-order chi connectivity index (χ0) is 21.7. The fourth-order valence-corrected chi connectivity index (χ4v) is 5.80. The van der Waals surface area contributed by atoms with Crippen LogP contribution in [0.1, 0.15) is 86.5 Å². The summed E-state index contributed by atoms with van der Waals surface area (Å²) in [6, 6.07) is 0. The van der Waals surface area contributed by atoms with Crippen LogP contribution in [0, 0.1) is 11.8 Å². The van der Waals surface area contributed by atoms with Crippen LogP contribution in [-0.4, -0.2) is 30.6 Å². The van der Waals surface area contributed by atoms with Crippen LogP contribution in [0.3, 0.4) is 0 Å². The SMILES string of the molecule is CCOC(=O)c1c(NC(=O)C(C)OC(=O)CC2CCCCC2)sc2c1CCC(C)C2. The molecule has 0 aliphatic heterocycles. The molecule has 2 aliphatic carbocycles. The zero-order valence-electron chi connectivity index (χ0n) is 18.3. The maximum absolute atomic E-state index is 12.7. The summed E-state index contributed by atoms with van der Waals surface area (Å²) in [6.45, 7) is 5.82. The lowest BCUT2D eigenvalue weighted by molar-refractivity contribution is -0.154. The number of fused-ring (bicyclic) bond motifs is 1. The Bertz CT molecular complexity index is 781. The molecule has 2 atom stereocenters. The minimum absolute atomic E-state index is 0.280. The molecule has 0 spiro atoms. The predicted molar refractivity (Wildman–Crippen MR) is 117 cm³/mol. The maximum atomic E-state index is 12.7. The molecule has 1 aromatic heterocycles. The van der Waals surface area contributed by atoms with Gasteiger partial charge in [0.2, 0.25) is 0 Å². The Morgan fingerprint density at radius 1 is 1.17 bits per heavy atom. The van der Waals surface area contributed by atoms with Gasteiger partial charge < -0.3 is 14.8 Å². The van der Waals surface area contributed by atoms with Gasteiger partial charge in [-0.3, -0.25) is 9.59 Å². The van der Waals surface area contributed by atoms with E-state index in [0.29, 0.717) is 28.8 Å². The second-order valence-electron chi connectivity index (χ2n) is 8.61. The molecule has 1 amide bonds. The van der Waals surface area contributed by atoms with Gasteiger partial charge in [0.1, 0.15) is 5.00 Å². The number of carbonyl (C=O) groups excluding carboxylic acids is 3. The fraction of sp³-hybridized carbons (Fsp3) is 0.696. The Morgan fingerprint density at radius 3 is 2.60 bits per heavy atom.